The summed E-state index contributed by atoms with van der Waals surface area (Å²) in [5.41, 5.74) is -0.997. The molecule has 0 aliphatic rings. The fourth-order valence-corrected chi connectivity index (χ4v) is 2.75. The Morgan fingerprint density at radius 2 is 1.59 bits per heavy atom. The smallest absolute Gasteiger partial charge is 0.330 e. The Balaban J connectivity index is 2.18. The molecule has 7 nitrogen and oxygen atoms in total. The number of methoxy groups -OCH3 is 1. The van der Waals surface area contributed by atoms with E-state index in [0.29, 0.717) is 16.5 Å². The van der Waals surface area contributed by atoms with Gasteiger partial charge in [-0.05, 0) is 32.0 Å². The van der Waals surface area contributed by atoms with Gasteiger partial charge < -0.3 is 10.1 Å². The van der Waals surface area contributed by atoms with Crippen LogP contribution >= 0.6 is 0 Å². The second kappa shape index (κ2) is 7.03. The quantitative estimate of drug-likeness (QED) is 0.715. The van der Waals surface area contributed by atoms with Crippen molar-refractivity contribution in [3.8, 4) is 5.69 Å². The minimum Gasteiger partial charge on any atom is -0.467 e. The zero-order chi connectivity index (χ0) is 19.6. The lowest BCUT2D eigenvalue weighted by Gasteiger charge is -2.23. The van der Waals surface area contributed by atoms with Crippen LogP contribution in [0.25, 0.3) is 16.5 Å². The number of nitrogens with zero attached hydrogens (tertiary/aromatic N) is 2. The normalized spacial score (nSPS) is 11.2. The molecule has 0 aliphatic carbocycles. The number of hydrogen-bond donors (Lipinski definition) is 1. The number of carbonyl (C=O) groups is 2. The zero-order valence-electron chi connectivity index (χ0n) is 15.2. The Hall–Kier alpha value is -3.48. The molecule has 0 spiro atoms. The third-order valence-corrected chi connectivity index (χ3v) is 4.14. The predicted octanol–water partition coefficient (Wildman–Crippen LogP) is 2.07. The van der Waals surface area contributed by atoms with Crippen molar-refractivity contribution in [2.45, 2.75) is 19.4 Å². The number of esters is 1. The highest BCUT2D eigenvalue weighted by Gasteiger charge is 2.32. The van der Waals surface area contributed by atoms with Gasteiger partial charge in [0.25, 0.3) is 11.5 Å². The van der Waals surface area contributed by atoms with Crippen molar-refractivity contribution in [2.75, 3.05) is 7.11 Å². The number of carbonyl (C=O) groups excluding carboxylic acids is 2. The average molecular weight is 365 g/mol. The van der Waals surface area contributed by atoms with Gasteiger partial charge in [-0.3, -0.25) is 9.59 Å². The zero-order valence-corrected chi connectivity index (χ0v) is 15.2. The Labute approximate surface area is 155 Å². The Morgan fingerprint density at radius 3 is 2.22 bits per heavy atom. The van der Waals surface area contributed by atoms with Gasteiger partial charge in [-0.2, -0.15) is 9.78 Å². The van der Waals surface area contributed by atoms with Crippen LogP contribution in [0.1, 0.15) is 24.3 Å². The number of rotatable bonds is 4. The largest absolute Gasteiger partial charge is 0.467 e. The van der Waals surface area contributed by atoms with Crippen molar-refractivity contribution in [3.63, 3.8) is 0 Å². The maximum absolute atomic E-state index is 12.9. The van der Waals surface area contributed by atoms with E-state index < -0.39 is 17.4 Å². The molecule has 27 heavy (non-hydrogen) atoms. The van der Waals surface area contributed by atoms with Gasteiger partial charge in [-0.15, -0.1) is 0 Å². The van der Waals surface area contributed by atoms with Crippen LogP contribution in [0.15, 0.2) is 59.4 Å². The number of para-hydroxylation sites is 1. The molecule has 0 atom stereocenters. The first-order valence-electron chi connectivity index (χ1n) is 8.33. The van der Waals surface area contributed by atoms with Gasteiger partial charge in [0.2, 0.25) is 0 Å². The fraction of sp³-hybridized carbons (Fsp3) is 0.200. The molecule has 1 N–H and O–H groups in total. The highest BCUT2D eigenvalue weighted by atomic mass is 16.5. The molecule has 0 saturated heterocycles. The van der Waals surface area contributed by atoms with Gasteiger partial charge in [0.05, 0.1) is 18.2 Å². The van der Waals surface area contributed by atoms with Crippen LogP contribution in [0, 0.1) is 0 Å². The summed E-state index contributed by atoms with van der Waals surface area (Å²) >= 11 is 0. The first kappa shape index (κ1) is 18.3. The van der Waals surface area contributed by atoms with Gasteiger partial charge in [-0.25, -0.2) is 4.79 Å². The molecule has 3 rings (SSSR count). The Bertz CT molecular complexity index is 1070. The van der Waals surface area contributed by atoms with Crippen molar-refractivity contribution in [1.82, 2.24) is 15.1 Å². The highest BCUT2D eigenvalue weighted by molar-refractivity contribution is 6.06. The number of nitrogens with one attached hydrogen (secondary N) is 1. The molecule has 2 aromatic carbocycles. The number of aromatic nitrogens is 2. The summed E-state index contributed by atoms with van der Waals surface area (Å²) in [7, 11) is 1.25. The summed E-state index contributed by atoms with van der Waals surface area (Å²) in [6, 6.07) is 15.6. The summed E-state index contributed by atoms with van der Waals surface area (Å²) in [6.45, 7) is 3.07. The standard InChI is InChI=1S/C20H19N3O4/c1-20(2,19(26)27-3)21-17(24)16-14-11-7-8-12-15(14)18(25)23(22-16)13-9-5-4-6-10-13/h4-12H,1-3H3,(H,21,24). The fourth-order valence-electron chi connectivity index (χ4n) is 2.75. The van der Waals surface area contributed by atoms with Crippen molar-refractivity contribution in [3.05, 3.63) is 70.6 Å². The van der Waals surface area contributed by atoms with Crippen molar-refractivity contribution >= 4 is 22.6 Å². The third kappa shape index (κ3) is 3.44. The maximum Gasteiger partial charge on any atom is 0.330 e. The third-order valence-electron chi connectivity index (χ3n) is 4.14. The molecule has 138 valence electrons. The van der Waals surface area contributed by atoms with Crippen LogP contribution in [0.5, 0.6) is 0 Å². The summed E-state index contributed by atoms with van der Waals surface area (Å²) in [5.74, 6) is -1.16. The molecule has 1 heterocycles. The SMILES string of the molecule is COC(=O)C(C)(C)NC(=O)c1nn(-c2ccccc2)c(=O)c2ccccc12. The van der Waals surface area contributed by atoms with E-state index in [-0.39, 0.29) is 11.3 Å². The summed E-state index contributed by atoms with van der Waals surface area (Å²) in [5, 5.41) is 7.67. The maximum atomic E-state index is 12.9. The monoisotopic (exact) mass is 365 g/mol. The number of benzene rings is 2. The lowest BCUT2D eigenvalue weighted by Crippen LogP contribution is -2.50. The van der Waals surface area contributed by atoms with Gasteiger partial charge in [-0.1, -0.05) is 36.4 Å². The molecule has 0 bridgehead atoms. The van der Waals surface area contributed by atoms with E-state index in [2.05, 4.69) is 10.4 Å². The lowest BCUT2D eigenvalue weighted by atomic mass is 10.0. The lowest BCUT2D eigenvalue weighted by molar-refractivity contribution is -0.146. The van der Waals surface area contributed by atoms with Crippen molar-refractivity contribution in [1.29, 1.82) is 0 Å². The molecule has 0 radical (unpaired) electrons. The molecule has 3 aromatic rings. The molecule has 0 saturated carbocycles. The van der Waals surface area contributed by atoms with Gasteiger partial charge >= 0.3 is 5.97 Å². The molecular weight excluding hydrogens is 346 g/mol. The van der Waals surface area contributed by atoms with Gasteiger partial charge in [0, 0.05) is 5.39 Å². The van der Waals surface area contributed by atoms with Gasteiger partial charge in [0.15, 0.2) is 5.69 Å². The minimum atomic E-state index is -1.25. The highest BCUT2D eigenvalue weighted by Crippen LogP contribution is 2.16. The van der Waals surface area contributed by atoms with Crippen molar-refractivity contribution < 1.29 is 14.3 Å². The topological polar surface area (TPSA) is 90.3 Å². The van der Waals surface area contributed by atoms with Crippen LogP contribution in [-0.2, 0) is 9.53 Å². The molecule has 1 aromatic heterocycles. The van der Waals surface area contributed by atoms with Gasteiger partial charge in [0.1, 0.15) is 5.54 Å². The Kier molecular flexibility index (Phi) is 4.77. The van der Waals surface area contributed by atoms with E-state index >= 15 is 0 Å². The molecule has 1 amide bonds. The number of ether oxygens (including phenoxy) is 1. The van der Waals surface area contributed by atoms with Crippen LogP contribution in [0.3, 0.4) is 0 Å². The second-order valence-corrected chi connectivity index (χ2v) is 6.52. The van der Waals surface area contributed by atoms with Crippen LogP contribution in [-0.4, -0.2) is 34.3 Å². The number of amides is 1. The first-order chi connectivity index (χ1) is 12.8. The van der Waals surface area contributed by atoms with E-state index in [4.69, 9.17) is 4.74 Å². The van der Waals surface area contributed by atoms with E-state index in [1.54, 1.807) is 48.5 Å². The van der Waals surface area contributed by atoms with Crippen LogP contribution < -0.4 is 10.9 Å². The first-order valence-corrected chi connectivity index (χ1v) is 8.33. The summed E-state index contributed by atoms with van der Waals surface area (Å²) in [4.78, 5) is 37.6. The van der Waals surface area contributed by atoms with E-state index in [0.717, 1.165) is 0 Å². The molecule has 7 heteroatoms. The van der Waals surface area contributed by atoms with E-state index in [1.807, 2.05) is 6.07 Å². The molecule has 0 fully saturated rings. The summed E-state index contributed by atoms with van der Waals surface area (Å²) < 4.78 is 5.91. The molecule has 0 aliphatic heterocycles. The van der Waals surface area contributed by atoms with Crippen molar-refractivity contribution in [2.24, 2.45) is 0 Å². The predicted molar refractivity (Wildman–Crippen MR) is 101 cm³/mol. The molecule has 0 unspecified atom stereocenters. The number of hydrogen-bond acceptors (Lipinski definition) is 5. The minimum absolute atomic E-state index is 0.0473. The molecular formula is C20H19N3O4. The van der Waals surface area contributed by atoms with E-state index in [1.165, 1.54) is 25.6 Å². The average Bonchev–Trinajstić information content (AvgIpc) is 2.68. The Morgan fingerprint density at radius 1 is 1.00 bits per heavy atom. The number of fused-ring (bicyclic) bond motifs is 1. The summed E-state index contributed by atoms with van der Waals surface area (Å²) in [6.07, 6.45) is 0. The van der Waals surface area contributed by atoms with E-state index in [9.17, 15) is 14.4 Å². The van der Waals surface area contributed by atoms with Crippen LogP contribution in [0.2, 0.25) is 0 Å². The van der Waals surface area contributed by atoms with Crippen LogP contribution in [0.4, 0.5) is 0 Å². The second-order valence-electron chi connectivity index (χ2n) is 6.52.